The van der Waals surface area contributed by atoms with E-state index in [1.54, 1.807) is 97.1 Å². The molecule has 0 atom stereocenters. The second-order valence-electron chi connectivity index (χ2n) is 10.7. The quantitative estimate of drug-likeness (QED) is 0.111. The van der Waals surface area contributed by atoms with Crippen LogP contribution in [0.15, 0.2) is 97.1 Å². The highest BCUT2D eigenvalue weighted by molar-refractivity contribution is 5.90. The van der Waals surface area contributed by atoms with E-state index in [0.717, 1.165) is 0 Å². The molecule has 256 valence electrons. The largest absolute Gasteiger partial charge is 0.493 e. The first-order valence-corrected chi connectivity index (χ1v) is 14.9. The molecule has 0 radical (unpaired) electrons. The number of esters is 4. The maximum atomic E-state index is 11.9. The van der Waals surface area contributed by atoms with Gasteiger partial charge in [-0.25, -0.2) is 19.2 Å². The Bertz CT molecular complexity index is 1440. The minimum absolute atomic E-state index is 0.0192. The van der Waals surface area contributed by atoms with Crippen molar-refractivity contribution in [2.45, 2.75) is 0 Å². The van der Waals surface area contributed by atoms with Gasteiger partial charge in [0.15, 0.2) is 0 Å². The molecule has 49 heavy (non-hydrogen) atoms. The fourth-order valence-electron chi connectivity index (χ4n) is 4.42. The van der Waals surface area contributed by atoms with Gasteiger partial charge in [0.05, 0.1) is 50.7 Å². The van der Waals surface area contributed by atoms with Crippen molar-refractivity contribution in [3.8, 4) is 23.0 Å². The Kier molecular flexibility index (Phi) is 12.6. The van der Waals surface area contributed by atoms with Gasteiger partial charge in [0.1, 0.15) is 54.8 Å². The van der Waals surface area contributed by atoms with Gasteiger partial charge >= 0.3 is 23.9 Å². The standard InChI is InChI=1S/C37H36O12/c1-42-33(38)25-5-13-29(14-6-25)46-21-37(22-47-30-15-7-26(8-16-30)34(39)43-2,23-48-31-17-9-27(10-18-31)35(40)44-3)24-49-32-19-11-28(12-20-32)36(41)45-4/h5-20H,21-24H2,1-4H3. The molecule has 4 aromatic carbocycles. The molecule has 0 amide bonds. The monoisotopic (exact) mass is 672 g/mol. The Morgan fingerprint density at radius 1 is 0.367 bits per heavy atom. The number of ether oxygens (including phenoxy) is 8. The number of rotatable bonds is 16. The minimum atomic E-state index is -0.996. The van der Waals surface area contributed by atoms with Gasteiger partial charge in [0.25, 0.3) is 0 Å². The van der Waals surface area contributed by atoms with Crippen LogP contribution in [0.2, 0.25) is 0 Å². The Morgan fingerprint density at radius 3 is 0.714 bits per heavy atom. The van der Waals surface area contributed by atoms with E-state index in [0.29, 0.717) is 45.3 Å². The minimum Gasteiger partial charge on any atom is -0.493 e. The van der Waals surface area contributed by atoms with Crippen LogP contribution in [0, 0.1) is 5.41 Å². The summed E-state index contributed by atoms with van der Waals surface area (Å²) in [7, 11) is 5.21. The fourth-order valence-corrected chi connectivity index (χ4v) is 4.42. The first kappa shape index (κ1) is 35.8. The predicted octanol–water partition coefficient (Wildman–Crippen LogP) is 5.44. The van der Waals surface area contributed by atoms with Crippen molar-refractivity contribution in [2.75, 3.05) is 54.9 Å². The van der Waals surface area contributed by atoms with Crippen molar-refractivity contribution in [1.29, 1.82) is 0 Å². The van der Waals surface area contributed by atoms with E-state index in [4.69, 9.17) is 37.9 Å². The van der Waals surface area contributed by atoms with Crippen molar-refractivity contribution in [2.24, 2.45) is 5.41 Å². The summed E-state index contributed by atoms with van der Waals surface area (Å²) in [6.07, 6.45) is 0. The van der Waals surface area contributed by atoms with Crippen LogP contribution in [0.3, 0.4) is 0 Å². The van der Waals surface area contributed by atoms with Crippen LogP contribution in [0.25, 0.3) is 0 Å². The van der Waals surface area contributed by atoms with E-state index >= 15 is 0 Å². The number of benzene rings is 4. The number of hydrogen-bond acceptors (Lipinski definition) is 12. The van der Waals surface area contributed by atoms with Gasteiger partial charge in [-0.2, -0.15) is 0 Å². The third kappa shape index (κ3) is 9.97. The van der Waals surface area contributed by atoms with E-state index < -0.39 is 29.3 Å². The normalized spacial score (nSPS) is 10.7. The first-order valence-electron chi connectivity index (χ1n) is 14.9. The molecule has 12 nitrogen and oxygen atoms in total. The Labute approximate surface area is 283 Å². The summed E-state index contributed by atoms with van der Waals surface area (Å²) in [6.45, 7) is 0.0766. The maximum Gasteiger partial charge on any atom is 0.337 e. The predicted molar refractivity (Wildman–Crippen MR) is 176 cm³/mol. The van der Waals surface area contributed by atoms with E-state index in [1.807, 2.05) is 0 Å². The number of hydrogen-bond donors (Lipinski definition) is 0. The summed E-state index contributed by atoms with van der Waals surface area (Å²) in [4.78, 5) is 47.8. The molecule has 0 aromatic heterocycles. The van der Waals surface area contributed by atoms with Crippen LogP contribution in [0.4, 0.5) is 0 Å². The molecular weight excluding hydrogens is 636 g/mol. The van der Waals surface area contributed by atoms with Crippen molar-refractivity contribution >= 4 is 23.9 Å². The molecule has 0 aliphatic carbocycles. The Morgan fingerprint density at radius 2 is 0.551 bits per heavy atom. The summed E-state index contributed by atoms with van der Waals surface area (Å²) >= 11 is 0. The van der Waals surface area contributed by atoms with Crippen molar-refractivity contribution in [3.63, 3.8) is 0 Å². The molecule has 0 spiro atoms. The van der Waals surface area contributed by atoms with E-state index in [-0.39, 0.29) is 26.4 Å². The zero-order valence-electron chi connectivity index (χ0n) is 27.5. The second kappa shape index (κ2) is 17.2. The smallest absolute Gasteiger partial charge is 0.337 e. The van der Waals surface area contributed by atoms with Crippen LogP contribution < -0.4 is 18.9 Å². The van der Waals surface area contributed by atoms with Gasteiger partial charge in [0, 0.05) is 0 Å². The zero-order valence-corrected chi connectivity index (χ0v) is 27.5. The van der Waals surface area contributed by atoms with Gasteiger partial charge in [-0.1, -0.05) is 0 Å². The highest BCUT2D eigenvalue weighted by Gasteiger charge is 2.36. The zero-order chi connectivity index (χ0) is 35.2. The average molecular weight is 673 g/mol. The molecule has 4 aromatic rings. The number of carbonyl (C=O) groups excluding carboxylic acids is 4. The topological polar surface area (TPSA) is 142 Å². The van der Waals surface area contributed by atoms with E-state index in [2.05, 4.69) is 0 Å². The molecule has 0 N–H and O–H groups in total. The Hall–Kier alpha value is -6.04. The summed E-state index contributed by atoms with van der Waals surface area (Å²) < 4.78 is 44.0. The summed E-state index contributed by atoms with van der Waals surface area (Å²) in [5.41, 5.74) is 0.439. The van der Waals surface area contributed by atoms with E-state index in [9.17, 15) is 19.2 Å². The van der Waals surface area contributed by atoms with Crippen LogP contribution in [-0.4, -0.2) is 78.7 Å². The molecule has 4 rings (SSSR count). The van der Waals surface area contributed by atoms with Crippen LogP contribution in [0.1, 0.15) is 41.4 Å². The van der Waals surface area contributed by atoms with Gasteiger partial charge in [-0.15, -0.1) is 0 Å². The molecule has 12 heteroatoms. The highest BCUT2D eigenvalue weighted by Crippen LogP contribution is 2.28. The van der Waals surface area contributed by atoms with Crippen molar-refractivity contribution in [3.05, 3.63) is 119 Å². The van der Waals surface area contributed by atoms with Gasteiger partial charge in [-0.3, -0.25) is 0 Å². The summed E-state index contributed by atoms with van der Waals surface area (Å²) in [5.74, 6) is -0.0738. The molecule has 0 unspecified atom stereocenters. The van der Waals surface area contributed by atoms with Crippen LogP contribution in [0.5, 0.6) is 23.0 Å². The molecule has 0 bridgehead atoms. The molecule has 0 aliphatic rings. The van der Waals surface area contributed by atoms with Crippen LogP contribution in [-0.2, 0) is 18.9 Å². The lowest BCUT2D eigenvalue weighted by molar-refractivity contribution is -0.00352. The lowest BCUT2D eigenvalue weighted by atomic mass is 9.92. The van der Waals surface area contributed by atoms with Crippen LogP contribution >= 0.6 is 0 Å². The van der Waals surface area contributed by atoms with Gasteiger partial charge < -0.3 is 37.9 Å². The average Bonchev–Trinajstić information content (AvgIpc) is 3.16. The second-order valence-corrected chi connectivity index (χ2v) is 10.7. The summed E-state index contributed by atoms with van der Waals surface area (Å²) in [6, 6.07) is 25.8. The SMILES string of the molecule is COC(=O)c1ccc(OCC(COc2ccc(C(=O)OC)cc2)(COc2ccc(C(=O)OC)cc2)COc2ccc(C(=O)OC)cc2)cc1. The molecule has 0 saturated heterocycles. The third-order valence-corrected chi connectivity index (χ3v) is 7.28. The fraction of sp³-hybridized carbons (Fsp3) is 0.243. The lowest BCUT2D eigenvalue weighted by Crippen LogP contribution is -2.45. The van der Waals surface area contributed by atoms with Gasteiger partial charge in [0.2, 0.25) is 0 Å². The maximum absolute atomic E-state index is 11.9. The molecule has 0 heterocycles. The molecule has 0 fully saturated rings. The molecule has 0 saturated carbocycles. The first-order chi connectivity index (χ1) is 23.7. The summed E-state index contributed by atoms with van der Waals surface area (Å²) in [5, 5.41) is 0. The highest BCUT2D eigenvalue weighted by atomic mass is 16.5. The van der Waals surface area contributed by atoms with Gasteiger partial charge in [-0.05, 0) is 97.1 Å². The number of carbonyl (C=O) groups is 4. The lowest BCUT2D eigenvalue weighted by Gasteiger charge is -2.33. The van der Waals surface area contributed by atoms with E-state index in [1.165, 1.54) is 28.4 Å². The molecule has 0 aliphatic heterocycles. The Balaban J connectivity index is 1.63. The molecular formula is C37H36O12. The number of methoxy groups -OCH3 is 4. The third-order valence-electron chi connectivity index (χ3n) is 7.28. The van der Waals surface area contributed by atoms with Crippen molar-refractivity contribution < 1.29 is 57.1 Å². The van der Waals surface area contributed by atoms with Crippen molar-refractivity contribution in [1.82, 2.24) is 0 Å².